The lowest BCUT2D eigenvalue weighted by Crippen LogP contribution is -2.24. The topological polar surface area (TPSA) is 55.0 Å². The lowest BCUT2D eigenvalue weighted by Gasteiger charge is -2.21. The first-order valence-corrected chi connectivity index (χ1v) is 7.59. The maximum atomic E-state index is 5.95. The normalized spacial score (nSPS) is 10.6. The third-order valence-electron chi connectivity index (χ3n) is 3.07. The summed E-state index contributed by atoms with van der Waals surface area (Å²) < 4.78 is 0.772. The average molecular weight is 327 g/mol. The highest BCUT2D eigenvalue weighted by Crippen LogP contribution is 2.26. The van der Waals surface area contributed by atoms with Gasteiger partial charge in [-0.25, -0.2) is 0 Å². The van der Waals surface area contributed by atoms with Crippen LogP contribution in [0.2, 0.25) is 4.34 Å². The van der Waals surface area contributed by atoms with Crippen LogP contribution >= 0.6 is 35.2 Å². The lowest BCUT2D eigenvalue weighted by atomic mass is 10.1. The number of anilines is 1. The predicted molar refractivity (Wildman–Crippen MR) is 88.8 cm³/mol. The van der Waals surface area contributed by atoms with Crippen molar-refractivity contribution in [1.29, 1.82) is 0 Å². The number of nitrogens with zero attached hydrogens (tertiary/aromatic N) is 3. The van der Waals surface area contributed by atoms with E-state index >= 15 is 0 Å². The quantitative estimate of drug-likeness (QED) is 0.875. The molecule has 7 heteroatoms. The Morgan fingerprint density at radius 2 is 2.10 bits per heavy atom. The molecule has 2 aromatic heterocycles. The highest BCUT2D eigenvalue weighted by Gasteiger charge is 2.17. The van der Waals surface area contributed by atoms with E-state index in [0.717, 1.165) is 26.0 Å². The number of thiocarbonyl (C=S) groups is 1. The molecule has 0 bridgehead atoms. The minimum atomic E-state index is 0.339. The summed E-state index contributed by atoms with van der Waals surface area (Å²) in [6, 6.07) is 3.88. The molecule has 4 nitrogen and oxygen atoms in total. The predicted octanol–water partition coefficient (Wildman–Crippen LogP) is 3.08. The highest BCUT2D eigenvalue weighted by atomic mass is 35.5. The largest absolute Gasteiger partial charge is 0.389 e. The van der Waals surface area contributed by atoms with E-state index in [2.05, 4.69) is 10.2 Å². The van der Waals surface area contributed by atoms with Crippen molar-refractivity contribution in [3.63, 3.8) is 0 Å². The standard InChI is InChI=1S/C13H15ClN4S2/c1-7-8(2)16-17-13(11(7)12(15)19)18(3)6-9-4-5-10(14)20-9/h4-5H,6H2,1-3H3,(H2,15,19). The van der Waals surface area contributed by atoms with Crippen LogP contribution in [0.15, 0.2) is 12.1 Å². The Morgan fingerprint density at radius 1 is 1.40 bits per heavy atom. The third kappa shape index (κ3) is 3.08. The molecule has 0 atom stereocenters. The second-order valence-electron chi connectivity index (χ2n) is 4.54. The number of halogens is 1. The van der Waals surface area contributed by atoms with Crippen molar-refractivity contribution >= 4 is 46.0 Å². The van der Waals surface area contributed by atoms with Gasteiger partial charge in [0.05, 0.1) is 22.1 Å². The summed E-state index contributed by atoms with van der Waals surface area (Å²) in [5.41, 5.74) is 8.44. The van der Waals surface area contributed by atoms with Gasteiger partial charge in [-0.3, -0.25) is 0 Å². The van der Waals surface area contributed by atoms with Gasteiger partial charge in [-0.05, 0) is 31.5 Å². The summed E-state index contributed by atoms with van der Waals surface area (Å²) in [5.74, 6) is 0.699. The van der Waals surface area contributed by atoms with E-state index in [4.69, 9.17) is 29.6 Å². The molecular weight excluding hydrogens is 312 g/mol. The van der Waals surface area contributed by atoms with E-state index in [0.29, 0.717) is 17.4 Å². The van der Waals surface area contributed by atoms with Crippen molar-refractivity contribution < 1.29 is 0 Å². The Kier molecular flexibility index (Phi) is 4.57. The van der Waals surface area contributed by atoms with Crippen molar-refractivity contribution in [3.05, 3.63) is 38.2 Å². The van der Waals surface area contributed by atoms with Gasteiger partial charge in [-0.1, -0.05) is 23.8 Å². The molecule has 0 aliphatic heterocycles. The third-order valence-corrected chi connectivity index (χ3v) is 4.49. The van der Waals surface area contributed by atoms with Crippen LogP contribution in [0, 0.1) is 13.8 Å². The number of aromatic nitrogens is 2. The maximum Gasteiger partial charge on any atom is 0.161 e. The second kappa shape index (κ2) is 6.03. The Hall–Kier alpha value is -1.24. The SMILES string of the molecule is Cc1nnc(N(C)Cc2ccc(Cl)s2)c(C(N)=S)c1C. The molecule has 0 spiro atoms. The van der Waals surface area contributed by atoms with Crippen LogP contribution in [-0.4, -0.2) is 22.2 Å². The summed E-state index contributed by atoms with van der Waals surface area (Å²) in [4.78, 5) is 3.47. The maximum absolute atomic E-state index is 5.95. The summed E-state index contributed by atoms with van der Waals surface area (Å²) >= 11 is 12.6. The molecule has 0 fully saturated rings. The molecule has 0 unspecified atom stereocenters. The first kappa shape index (κ1) is 15.2. The van der Waals surface area contributed by atoms with E-state index in [1.54, 1.807) is 11.3 Å². The van der Waals surface area contributed by atoms with Crippen LogP contribution in [-0.2, 0) is 6.54 Å². The number of nitrogens with two attached hydrogens (primary N) is 1. The molecule has 0 radical (unpaired) electrons. The zero-order valence-electron chi connectivity index (χ0n) is 11.5. The van der Waals surface area contributed by atoms with Gasteiger partial charge < -0.3 is 10.6 Å². The molecule has 2 rings (SSSR count). The molecule has 0 aliphatic carbocycles. The van der Waals surface area contributed by atoms with Gasteiger partial charge in [-0.15, -0.1) is 16.4 Å². The van der Waals surface area contributed by atoms with Gasteiger partial charge in [-0.2, -0.15) is 5.10 Å². The molecule has 0 saturated carbocycles. The van der Waals surface area contributed by atoms with Gasteiger partial charge in [0, 0.05) is 11.9 Å². The van der Waals surface area contributed by atoms with Gasteiger partial charge in [0.2, 0.25) is 0 Å². The number of hydrogen-bond acceptors (Lipinski definition) is 5. The molecule has 20 heavy (non-hydrogen) atoms. The minimum Gasteiger partial charge on any atom is -0.389 e. The fourth-order valence-corrected chi connectivity index (χ4v) is 3.29. The summed E-state index contributed by atoms with van der Waals surface area (Å²) in [6.07, 6.45) is 0. The molecule has 106 valence electrons. The van der Waals surface area contributed by atoms with E-state index in [9.17, 15) is 0 Å². The van der Waals surface area contributed by atoms with Crippen molar-refractivity contribution in [1.82, 2.24) is 10.2 Å². The van der Waals surface area contributed by atoms with Crippen LogP contribution in [0.4, 0.5) is 5.82 Å². The van der Waals surface area contributed by atoms with Crippen molar-refractivity contribution in [2.24, 2.45) is 5.73 Å². The molecule has 2 N–H and O–H groups in total. The fraction of sp³-hybridized carbons (Fsp3) is 0.308. The highest BCUT2D eigenvalue weighted by molar-refractivity contribution is 7.80. The Morgan fingerprint density at radius 3 is 2.65 bits per heavy atom. The molecule has 2 aromatic rings. The first-order valence-electron chi connectivity index (χ1n) is 5.99. The van der Waals surface area contributed by atoms with Gasteiger partial charge in [0.15, 0.2) is 5.82 Å². The van der Waals surface area contributed by atoms with Crippen molar-refractivity contribution in [3.8, 4) is 0 Å². The monoisotopic (exact) mass is 326 g/mol. The molecule has 2 heterocycles. The summed E-state index contributed by atoms with van der Waals surface area (Å²) in [6.45, 7) is 4.54. The van der Waals surface area contributed by atoms with Gasteiger partial charge in [0.1, 0.15) is 4.99 Å². The van der Waals surface area contributed by atoms with Crippen LogP contribution in [0.1, 0.15) is 21.7 Å². The summed E-state index contributed by atoms with van der Waals surface area (Å²) in [5, 5.41) is 8.40. The first-order chi connectivity index (χ1) is 9.40. The number of hydrogen-bond donors (Lipinski definition) is 1. The Balaban J connectivity index is 2.36. The fourth-order valence-electron chi connectivity index (χ4n) is 1.90. The minimum absolute atomic E-state index is 0.339. The molecular formula is C13H15ClN4S2. The smallest absolute Gasteiger partial charge is 0.161 e. The second-order valence-corrected chi connectivity index (χ2v) is 6.77. The van der Waals surface area contributed by atoms with Crippen LogP contribution < -0.4 is 10.6 Å². The Labute approximate surface area is 132 Å². The molecule has 0 aromatic carbocycles. The molecule has 0 aliphatic rings. The van der Waals surface area contributed by atoms with E-state index < -0.39 is 0 Å². The summed E-state index contributed by atoms with van der Waals surface area (Å²) in [7, 11) is 1.94. The lowest BCUT2D eigenvalue weighted by molar-refractivity contribution is 0.856. The van der Waals surface area contributed by atoms with Crippen molar-refractivity contribution in [2.45, 2.75) is 20.4 Å². The molecule has 0 amide bonds. The van der Waals surface area contributed by atoms with E-state index in [1.807, 2.05) is 37.9 Å². The molecule has 0 saturated heterocycles. The van der Waals surface area contributed by atoms with Gasteiger partial charge >= 0.3 is 0 Å². The van der Waals surface area contributed by atoms with Crippen LogP contribution in [0.3, 0.4) is 0 Å². The zero-order valence-corrected chi connectivity index (χ0v) is 13.9. The van der Waals surface area contributed by atoms with Crippen LogP contribution in [0.5, 0.6) is 0 Å². The Bertz CT molecular complexity index is 654. The number of rotatable bonds is 4. The van der Waals surface area contributed by atoms with Crippen molar-refractivity contribution in [2.75, 3.05) is 11.9 Å². The van der Waals surface area contributed by atoms with E-state index in [1.165, 1.54) is 0 Å². The average Bonchev–Trinajstić information content (AvgIpc) is 2.77. The van der Waals surface area contributed by atoms with Gasteiger partial charge in [0.25, 0.3) is 0 Å². The number of aryl methyl sites for hydroxylation is 1. The van der Waals surface area contributed by atoms with Crippen LogP contribution in [0.25, 0.3) is 0 Å². The zero-order chi connectivity index (χ0) is 14.9. The number of thiophene rings is 1. The van der Waals surface area contributed by atoms with E-state index in [-0.39, 0.29) is 0 Å².